The molecule has 8 heteroatoms. The predicted octanol–water partition coefficient (Wildman–Crippen LogP) is 4.26. The van der Waals surface area contributed by atoms with E-state index < -0.39 is 30.0 Å². The van der Waals surface area contributed by atoms with Gasteiger partial charge in [0.2, 0.25) is 11.8 Å². The molecule has 0 aliphatic carbocycles. The molecule has 2 aromatic carbocycles. The molecule has 126 valence electrons. The molecule has 0 atom stereocenters. The van der Waals surface area contributed by atoms with Crippen molar-refractivity contribution in [1.29, 1.82) is 0 Å². The number of nitrogens with one attached hydrogen (secondary N) is 1. The Bertz CT molecular complexity index is 800. The number of amides is 2. The van der Waals surface area contributed by atoms with Gasteiger partial charge in [0.25, 0.3) is 0 Å². The van der Waals surface area contributed by atoms with Gasteiger partial charge >= 0.3 is 0 Å². The Balaban J connectivity index is 2.20. The molecule has 0 saturated heterocycles. The highest BCUT2D eigenvalue weighted by atomic mass is 35.5. The minimum absolute atomic E-state index is 0.148. The molecule has 2 amide bonds. The summed E-state index contributed by atoms with van der Waals surface area (Å²) in [7, 11) is 0. The number of nitrogens with zero attached hydrogens (tertiary/aromatic N) is 1. The molecule has 0 aromatic heterocycles. The van der Waals surface area contributed by atoms with Crippen molar-refractivity contribution >= 4 is 46.4 Å². The van der Waals surface area contributed by atoms with Gasteiger partial charge in [-0.2, -0.15) is 0 Å². The highest BCUT2D eigenvalue weighted by molar-refractivity contribution is 6.44. The minimum Gasteiger partial charge on any atom is -0.323 e. The molecule has 0 radical (unpaired) electrons. The smallest absolute Gasteiger partial charge is 0.244 e. The van der Waals surface area contributed by atoms with Crippen LogP contribution in [-0.2, 0) is 9.59 Å². The third-order valence-corrected chi connectivity index (χ3v) is 3.93. The average molecular weight is 373 g/mol. The van der Waals surface area contributed by atoms with Crippen molar-refractivity contribution in [1.82, 2.24) is 0 Å². The van der Waals surface area contributed by atoms with Gasteiger partial charge < -0.3 is 10.2 Å². The molecule has 0 fully saturated rings. The standard InChI is InChI=1S/C16H12Cl2F2N2O2/c1-9(23)22(14-6-5-10(19)7-12(14)20)8-15(24)21-13-4-2-3-11(17)16(13)18/h2-7H,8H2,1H3,(H,21,24). The highest BCUT2D eigenvalue weighted by Crippen LogP contribution is 2.29. The summed E-state index contributed by atoms with van der Waals surface area (Å²) in [5.74, 6) is -2.92. The Morgan fingerprint density at radius 1 is 1.17 bits per heavy atom. The number of carbonyl (C=O) groups excluding carboxylic acids is 2. The zero-order chi connectivity index (χ0) is 17.9. The maximum atomic E-state index is 13.9. The van der Waals surface area contributed by atoms with E-state index in [1.54, 1.807) is 12.1 Å². The lowest BCUT2D eigenvalue weighted by molar-refractivity contribution is -0.120. The molecule has 0 aliphatic heterocycles. The molecular weight excluding hydrogens is 361 g/mol. The van der Waals surface area contributed by atoms with Gasteiger partial charge in [0, 0.05) is 13.0 Å². The van der Waals surface area contributed by atoms with Crippen molar-refractivity contribution < 1.29 is 18.4 Å². The van der Waals surface area contributed by atoms with Crippen LogP contribution in [0.3, 0.4) is 0 Å². The first-order valence-corrected chi connectivity index (χ1v) is 7.52. The van der Waals surface area contributed by atoms with Gasteiger partial charge in [0.15, 0.2) is 0 Å². The number of carbonyl (C=O) groups is 2. The zero-order valence-corrected chi connectivity index (χ0v) is 14.0. The van der Waals surface area contributed by atoms with Crippen molar-refractivity contribution in [3.05, 3.63) is 58.1 Å². The van der Waals surface area contributed by atoms with Crippen molar-refractivity contribution in [2.75, 3.05) is 16.8 Å². The summed E-state index contributed by atoms with van der Waals surface area (Å²) in [4.78, 5) is 24.8. The molecular formula is C16H12Cl2F2N2O2. The number of halogens is 4. The molecule has 0 aliphatic rings. The van der Waals surface area contributed by atoms with Crippen molar-refractivity contribution in [2.45, 2.75) is 6.92 Å². The Morgan fingerprint density at radius 2 is 1.88 bits per heavy atom. The lowest BCUT2D eigenvalue weighted by Crippen LogP contribution is -2.37. The van der Waals surface area contributed by atoms with Crippen LogP contribution in [0.4, 0.5) is 20.2 Å². The first-order chi connectivity index (χ1) is 11.3. The fraction of sp³-hybridized carbons (Fsp3) is 0.125. The maximum absolute atomic E-state index is 13.9. The van der Waals surface area contributed by atoms with Crippen LogP contribution in [-0.4, -0.2) is 18.4 Å². The van der Waals surface area contributed by atoms with Gasteiger partial charge in [0.1, 0.15) is 18.2 Å². The number of anilines is 2. The molecule has 0 bridgehead atoms. The van der Waals surface area contributed by atoms with Crippen LogP contribution in [0, 0.1) is 11.6 Å². The van der Waals surface area contributed by atoms with Crippen LogP contribution in [0.1, 0.15) is 6.92 Å². The van der Waals surface area contributed by atoms with E-state index in [9.17, 15) is 18.4 Å². The van der Waals surface area contributed by atoms with E-state index in [4.69, 9.17) is 23.2 Å². The Hall–Kier alpha value is -2.18. The number of hydrogen-bond donors (Lipinski definition) is 1. The second-order valence-electron chi connectivity index (χ2n) is 4.85. The van der Waals surface area contributed by atoms with Gasteiger partial charge in [-0.15, -0.1) is 0 Å². The fourth-order valence-electron chi connectivity index (χ4n) is 2.00. The van der Waals surface area contributed by atoms with E-state index in [-0.39, 0.29) is 21.4 Å². The topological polar surface area (TPSA) is 49.4 Å². The normalized spacial score (nSPS) is 10.4. The summed E-state index contributed by atoms with van der Waals surface area (Å²) < 4.78 is 26.8. The average Bonchev–Trinajstić information content (AvgIpc) is 2.50. The Kier molecular flexibility index (Phi) is 5.75. The molecule has 4 nitrogen and oxygen atoms in total. The third-order valence-electron chi connectivity index (χ3n) is 3.11. The lowest BCUT2D eigenvalue weighted by atomic mass is 10.2. The third kappa shape index (κ3) is 4.21. The Morgan fingerprint density at radius 3 is 2.50 bits per heavy atom. The van der Waals surface area contributed by atoms with E-state index in [0.29, 0.717) is 6.07 Å². The fourth-order valence-corrected chi connectivity index (χ4v) is 2.35. The van der Waals surface area contributed by atoms with Crippen LogP contribution in [0.5, 0.6) is 0 Å². The van der Waals surface area contributed by atoms with Crippen LogP contribution < -0.4 is 10.2 Å². The summed E-state index contributed by atoms with van der Waals surface area (Å²) in [6, 6.07) is 7.40. The lowest BCUT2D eigenvalue weighted by Gasteiger charge is -2.21. The molecule has 2 aromatic rings. The summed E-state index contributed by atoms with van der Waals surface area (Å²) in [5.41, 5.74) is 0.0634. The van der Waals surface area contributed by atoms with Crippen molar-refractivity contribution in [2.24, 2.45) is 0 Å². The Labute approximate surface area is 147 Å². The summed E-state index contributed by atoms with van der Waals surface area (Å²) in [6.45, 7) is 0.698. The second kappa shape index (κ2) is 7.59. The van der Waals surface area contributed by atoms with Crippen LogP contribution >= 0.6 is 23.2 Å². The molecule has 0 heterocycles. The van der Waals surface area contributed by atoms with Gasteiger partial charge in [-0.05, 0) is 24.3 Å². The molecule has 1 N–H and O–H groups in total. The number of rotatable bonds is 4. The predicted molar refractivity (Wildman–Crippen MR) is 89.5 cm³/mol. The quantitative estimate of drug-likeness (QED) is 0.871. The van der Waals surface area contributed by atoms with Crippen LogP contribution in [0.15, 0.2) is 36.4 Å². The highest BCUT2D eigenvalue weighted by Gasteiger charge is 2.20. The van der Waals surface area contributed by atoms with Crippen LogP contribution in [0.2, 0.25) is 10.0 Å². The van der Waals surface area contributed by atoms with Crippen LogP contribution in [0.25, 0.3) is 0 Å². The number of benzene rings is 2. The van der Waals surface area contributed by atoms with Gasteiger partial charge in [-0.1, -0.05) is 29.3 Å². The zero-order valence-electron chi connectivity index (χ0n) is 12.4. The summed E-state index contributed by atoms with van der Waals surface area (Å²) in [5, 5.41) is 2.89. The molecule has 2 rings (SSSR count). The van der Waals surface area contributed by atoms with E-state index >= 15 is 0 Å². The molecule has 0 saturated carbocycles. The maximum Gasteiger partial charge on any atom is 0.244 e. The summed E-state index contributed by atoms with van der Waals surface area (Å²) in [6.07, 6.45) is 0. The molecule has 0 spiro atoms. The molecule has 24 heavy (non-hydrogen) atoms. The van der Waals surface area contributed by atoms with Crippen molar-refractivity contribution in [3.63, 3.8) is 0 Å². The van der Waals surface area contributed by atoms with Gasteiger partial charge in [0.05, 0.1) is 21.4 Å². The van der Waals surface area contributed by atoms with E-state index in [1.165, 1.54) is 13.0 Å². The monoisotopic (exact) mass is 372 g/mol. The minimum atomic E-state index is -0.946. The van der Waals surface area contributed by atoms with E-state index in [2.05, 4.69) is 5.32 Å². The second-order valence-corrected chi connectivity index (χ2v) is 5.64. The van der Waals surface area contributed by atoms with Gasteiger partial charge in [-0.25, -0.2) is 8.78 Å². The number of hydrogen-bond acceptors (Lipinski definition) is 2. The van der Waals surface area contributed by atoms with E-state index in [0.717, 1.165) is 17.0 Å². The first kappa shape index (κ1) is 18.2. The first-order valence-electron chi connectivity index (χ1n) is 6.76. The van der Waals surface area contributed by atoms with E-state index in [1.807, 2.05) is 0 Å². The van der Waals surface area contributed by atoms with Crippen molar-refractivity contribution in [3.8, 4) is 0 Å². The molecule has 0 unspecified atom stereocenters. The largest absolute Gasteiger partial charge is 0.323 e. The summed E-state index contributed by atoms with van der Waals surface area (Å²) >= 11 is 11.8. The SMILES string of the molecule is CC(=O)N(CC(=O)Nc1cccc(Cl)c1Cl)c1ccc(F)cc1F. The van der Waals surface area contributed by atoms with Gasteiger partial charge in [-0.3, -0.25) is 9.59 Å².